The van der Waals surface area contributed by atoms with Crippen LogP contribution in [0.2, 0.25) is 0 Å². The molecule has 5 nitrogen and oxygen atoms in total. The average molecular weight is 292 g/mol. The minimum atomic E-state index is -0.848. The summed E-state index contributed by atoms with van der Waals surface area (Å²) in [7, 11) is 0. The lowest BCUT2D eigenvalue weighted by Crippen LogP contribution is -2.51. The molecule has 1 unspecified atom stereocenters. The van der Waals surface area contributed by atoms with Crippen molar-refractivity contribution in [2.24, 2.45) is 5.73 Å². The van der Waals surface area contributed by atoms with Gasteiger partial charge in [0.05, 0.1) is 17.7 Å². The van der Waals surface area contributed by atoms with Crippen LogP contribution >= 0.6 is 0 Å². The topological polar surface area (TPSA) is 81.4 Å². The van der Waals surface area contributed by atoms with Crippen LogP contribution in [0.3, 0.4) is 0 Å². The van der Waals surface area contributed by atoms with Gasteiger partial charge in [0.1, 0.15) is 0 Å². The molecule has 0 heterocycles. The Kier molecular flexibility index (Phi) is 6.37. The predicted molar refractivity (Wildman–Crippen MR) is 81.7 cm³/mol. The zero-order valence-electron chi connectivity index (χ0n) is 12.9. The van der Waals surface area contributed by atoms with Crippen LogP contribution in [0.5, 0.6) is 0 Å². The molecule has 5 heteroatoms. The molecule has 0 fully saturated rings. The number of hydrogen-bond acceptors (Lipinski definition) is 4. The molecule has 0 aliphatic rings. The van der Waals surface area contributed by atoms with E-state index in [0.717, 1.165) is 12.0 Å². The van der Waals surface area contributed by atoms with E-state index in [-0.39, 0.29) is 11.9 Å². The Balaban J connectivity index is 2.57. The van der Waals surface area contributed by atoms with Crippen LogP contribution in [0.25, 0.3) is 0 Å². The highest BCUT2D eigenvalue weighted by molar-refractivity contribution is 5.89. The zero-order valence-corrected chi connectivity index (χ0v) is 12.9. The van der Waals surface area contributed by atoms with Crippen LogP contribution in [-0.4, -0.2) is 24.0 Å². The second-order valence-corrected chi connectivity index (χ2v) is 5.27. The van der Waals surface area contributed by atoms with Gasteiger partial charge in [0.15, 0.2) is 0 Å². The molecule has 0 saturated carbocycles. The van der Waals surface area contributed by atoms with Gasteiger partial charge in [-0.1, -0.05) is 25.5 Å². The fourth-order valence-corrected chi connectivity index (χ4v) is 1.99. The van der Waals surface area contributed by atoms with Crippen molar-refractivity contribution in [3.8, 4) is 0 Å². The van der Waals surface area contributed by atoms with E-state index >= 15 is 0 Å². The van der Waals surface area contributed by atoms with E-state index in [2.05, 4.69) is 5.32 Å². The summed E-state index contributed by atoms with van der Waals surface area (Å²) >= 11 is 0. The maximum atomic E-state index is 12.0. The number of nitrogens with two attached hydrogens (primary N) is 1. The van der Waals surface area contributed by atoms with E-state index in [0.29, 0.717) is 25.1 Å². The number of nitrogens with one attached hydrogen (secondary N) is 1. The summed E-state index contributed by atoms with van der Waals surface area (Å²) in [6, 6.07) is 6.96. The molecule has 0 saturated heterocycles. The van der Waals surface area contributed by atoms with Gasteiger partial charge in [0, 0.05) is 6.54 Å². The summed E-state index contributed by atoms with van der Waals surface area (Å²) in [6.45, 7) is 6.23. The van der Waals surface area contributed by atoms with Crippen molar-refractivity contribution in [1.29, 1.82) is 0 Å². The van der Waals surface area contributed by atoms with Gasteiger partial charge in [-0.25, -0.2) is 4.79 Å². The molecule has 1 amide bonds. The Labute approximate surface area is 125 Å². The smallest absolute Gasteiger partial charge is 0.338 e. The van der Waals surface area contributed by atoms with E-state index in [9.17, 15) is 9.59 Å². The van der Waals surface area contributed by atoms with Crippen LogP contribution in [0.1, 0.15) is 49.5 Å². The Hall–Kier alpha value is -1.88. The van der Waals surface area contributed by atoms with Crippen LogP contribution < -0.4 is 11.1 Å². The van der Waals surface area contributed by atoms with Gasteiger partial charge in [0.2, 0.25) is 5.91 Å². The van der Waals surface area contributed by atoms with Gasteiger partial charge in [-0.15, -0.1) is 0 Å². The van der Waals surface area contributed by atoms with Crippen molar-refractivity contribution in [2.45, 2.75) is 45.7 Å². The standard InChI is InChI=1S/C16H24N2O3/c1-4-10-16(3,17)15(20)18-11-12-6-8-13(9-7-12)14(19)21-5-2/h6-9H,4-5,10-11,17H2,1-3H3,(H,18,20). The van der Waals surface area contributed by atoms with Crippen LogP contribution in [-0.2, 0) is 16.1 Å². The number of ether oxygens (including phenoxy) is 1. The minimum absolute atomic E-state index is 0.168. The average Bonchev–Trinajstić information content (AvgIpc) is 2.45. The second-order valence-electron chi connectivity index (χ2n) is 5.27. The molecule has 1 rings (SSSR count). The van der Waals surface area contributed by atoms with Crippen LogP contribution in [0.15, 0.2) is 24.3 Å². The fourth-order valence-electron chi connectivity index (χ4n) is 1.99. The SMILES string of the molecule is CCCC(C)(N)C(=O)NCc1ccc(C(=O)OCC)cc1. The largest absolute Gasteiger partial charge is 0.462 e. The molecule has 0 bridgehead atoms. The lowest BCUT2D eigenvalue weighted by Gasteiger charge is -2.22. The second kappa shape index (κ2) is 7.78. The van der Waals surface area contributed by atoms with E-state index < -0.39 is 5.54 Å². The maximum absolute atomic E-state index is 12.0. The Morgan fingerprint density at radius 2 is 1.86 bits per heavy atom. The zero-order chi connectivity index (χ0) is 15.9. The Morgan fingerprint density at radius 3 is 2.38 bits per heavy atom. The van der Waals surface area contributed by atoms with E-state index in [1.54, 1.807) is 38.1 Å². The van der Waals surface area contributed by atoms with Crippen molar-refractivity contribution in [3.05, 3.63) is 35.4 Å². The van der Waals surface area contributed by atoms with Gasteiger partial charge in [-0.3, -0.25) is 4.79 Å². The molecule has 0 radical (unpaired) electrons. The molecule has 0 spiro atoms. The quantitative estimate of drug-likeness (QED) is 0.753. The first-order chi connectivity index (χ1) is 9.90. The van der Waals surface area contributed by atoms with Crippen molar-refractivity contribution in [1.82, 2.24) is 5.32 Å². The maximum Gasteiger partial charge on any atom is 0.338 e. The number of esters is 1. The first-order valence-electron chi connectivity index (χ1n) is 7.24. The Morgan fingerprint density at radius 1 is 1.24 bits per heavy atom. The molecule has 1 aromatic rings. The molecule has 1 aromatic carbocycles. The molecule has 0 aliphatic heterocycles. The molecule has 1 atom stereocenters. The third-order valence-electron chi connectivity index (χ3n) is 3.21. The van der Waals surface area contributed by atoms with E-state index in [1.807, 2.05) is 6.92 Å². The van der Waals surface area contributed by atoms with E-state index in [1.165, 1.54) is 0 Å². The number of hydrogen-bond donors (Lipinski definition) is 2. The fraction of sp³-hybridized carbons (Fsp3) is 0.500. The highest BCUT2D eigenvalue weighted by Gasteiger charge is 2.26. The summed E-state index contributed by atoms with van der Waals surface area (Å²) in [5.74, 6) is -0.510. The monoisotopic (exact) mass is 292 g/mol. The van der Waals surface area contributed by atoms with Gasteiger partial charge in [-0.2, -0.15) is 0 Å². The third-order valence-corrected chi connectivity index (χ3v) is 3.21. The summed E-state index contributed by atoms with van der Waals surface area (Å²) in [5.41, 5.74) is 6.52. The van der Waals surface area contributed by atoms with Crippen molar-refractivity contribution in [3.63, 3.8) is 0 Å². The summed E-state index contributed by atoms with van der Waals surface area (Å²) in [5, 5.41) is 2.82. The molecule has 0 aliphatic carbocycles. The van der Waals surface area contributed by atoms with Crippen LogP contribution in [0.4, 0.5) is 0 Å². The van der Waals surface area contributed by atoms with Crippen molar-refractivity contribution in [2.75, 3.05) is 6.61 Å². The van der Waals surface area contributed by atoms with Gasteiger partial charge >= 0.3 is 5.97 Å². The number of amides is 1. The third kappa shape index (κ3) is 5.19. The number of carbonyl (C=O) groups is 2. The highest BCUT2D eigenvalue weighted by Crippen LogP contribution is 2.10. The highest BCUT2D eigenvalue weighted by atomic mass is 16.5. The van der Waals surface area contributed by atoms with Crippen LogP contribution in [0, 0.1) is 0 Å². The number of carbonyl (C=O) groups excluding carboxylic acids is 2. The Bertz CT molecular complexity index is 481. The predicted octanol–water partition coefficient (Wildman–Crippen LogP) is 2.00. The molecule has 3 N–H and O–H groups in total. The number of benzene rings is 1. The number of rotatable bonds is 7. The van der Waals surface area contributed by atoms with Gasteiger partial charge < -0.3 is 15.8 Å². The molecule has 116 valence electrons. The molecule has 0 aromatic heterocycles. The summed E-state index contributed by atoms with van der Waals surface area (Å²) in [6.07, 6.45) is 1.50. The van der Waals surface area contributed by atoms with E-state index in [4.69, 9.17) is 10.5 Å². The molecular weight excluding hydrogens is 268 g/mol. The first kappa shape index (κ1) is 17.2. The summed E-state index contributed by atoms with van der Waals surface area (Å²) < 4.78 is 4.91. The first-order valence-corrected chi connectivity index (χ1v) is 7.24. The lowest BCUT2D eigenvalue weighted by atomic mass is 9.96. The van der Waals surface area contributed by atoms with Crippen molar-refractivity contribution < 1.29 is 14.3 Å². The normalized spacial score (nSPS) is 13.3. The molecular formula is C16H24N2O3. The van der Waals surface area contributed by atoms with Gasteiger partial charge in [-0.05, 0) is 38.0 Å². The van der Waals surface area contributed by atoms with Crippen molar-refractivity contribution >= 4 is 11.9 Å². The lowest BCUT2D eigenvalue weighted by molar-refractivity contribution is -0.126. The minimum Gasteiger partial charge on any atom is -0.462 e. The van der Waals surface area contributed by atoms with Gasteiger partial charge in [0.25, 0.3) is 0 Å². The molecule has 21 heavy (non-hydrogen) atoms. The summed E-state index contributed by atoms with van der Waals surface area (Å²) in [4.78, 5) is 23.5.